The third kappa shape index (κ3) is 2.82. The van der Waals surface area contributed by atoms with E-state index in [4.69, 9.17) is 0 Å². The standard InChI is InChI=1S/C17H22N2O4S/c1-12-11-19(13(2)17(20)21)16-7-6-14(10-15(12)16)24(22,23)18-8-4-3-5-9-18/h6-7,10-11,13H,3-5,8-9H2,1-2H3,(H,20,21)/t13-/m1/s1. The molecule has 1 aromatic carbocycles. The molecular formula is C17H22N2O4S. The van der Waals surface area contributed by atoms with Gasteiger partial charge in [-0.1, -0.05) is 6.42 Å². The van der Waals surface area contributed by atoms with Crippen molar-refractivity contribution in [2.75, 3.05) is 13.1 Å². The smallest absolute Gasteiger partial charge is 0.326 e. The third-order valence-corrected chi connectivity index (χ3v) is 6.63. The van der Waals surface area contributed by atoms with E-state index in [9.17, 15) is 18.3 Å². The van der Waals surface area contributed by atoms with Gasteiger partial charge in [0.15, 0.2) is 0 Å². The van der Waals surface area contributed by atoms with Gasteiger partial charge >= 0.3 is 5.97 Å². The molecule has 0 radical (unpaired) electrons. The molecule has 7 heteroatoms. The second-order valence-corrected chi connectivity index (χ2v) is 8.32. The Bertz CT molecular complexity index is 879. The van der Waals surface area contributed by atoms with Crippen LogP contribution in [0.2, 0.25) is 0 Å². The molecule has 6 nitrogen and oxygen atoms in total. The summed E-state index contributed by atoms with van der Waals surface area (Å²) >= 11 is 0. The number of carbonyl (C=O) groups is 1. The maximum Gasteiger partial charge on any atom is 0.326 e. The highest BCUT2D eigenvalue weighted by atomic mass is 32.2. The molecule has 0 amide bonds. The van der Waals surface area contributed by atoms with Crippen LogP contribution in [0.1, 0.15) is 37.8 Å². The minimum atomic E-state index is -3.49. The van der Waals surface area contributed by atoms with Crippen LogP contribution in [0.25, 0.3) is 10.9 Å². The zero-order valence-corrected chi connectivity index (χ0v) is 14.7. The molecule has 0 bridgehead atoms. The lowest BCUT2D eigenvalue weighted by Gasteiger charge is -2.26. The van der Waals surface area contributed by atoms with Gasteiger partial charge in [0.1, 0.15) is 6.04 Å². The largest absolute Gasteiger partial charge is 0.480 e. The Labute approximate surface area is 141 Å². The van der Waals surface area contributed by atoms with Crippen molar-refractivity contribution in [1.29, 1.82) is 0 Å². The van der Waals surface area contributed by atoms with Crippen molar-refractivity contribution in [3.8, 4) is 0 Å². The quantitative estimate of drug-likeness (QED) is 0.919. The Kier molecular flexibility index (Phi) is 4.40. The lowest BCUT2D eigenvalue weighted by molar-refractivity contribution is -0.140. The first-order chi connectivity index (χ1) is 11.3. The molecule has 3 rings (SSSR count). The van der Waals surface area contributed by atoms with Gasteiger partial charge in [-0.15, -0.1) is 0 Å². The minimum Gasteiger partial charge on any atom is -0.480 e. The van der Waals surface area contributed by atoms with E-state index in [1.807, 2.05) is 6.92 Å². The zero-order valence-electron chi connectivity index (χ0n) is 13.9. The summed E-state index contributed by atoms with van der Waals surface area (Å²) in [6.07, 6.45) is 4.63. The zero-order chi connectivity index (χ0) is 17.5. The van der Waals surface area contributed by atoms with E-state index in [0.29, 0.717) is 13.1 Å². The molecule has 2 aromatic rings. The van der Waals surface area contributed by atoms with Gasteiger partial charge in [0, 0.05) is 30.2 Å². The average Bonchev–Trinajstić information content (AvgIpc) is 2.91. The average molecular weight is 350 g/mol. The highest BCUT2D eigenvalue weighted by Crippen LogP contribution is 2.29. The second-order valence-electron chi connectivity index (χ2n) is 6.38. The van der Waals surface area contributed by atoms with E-state index in [0.717, 1.165) is 35.7 Å². The van der Waals surface area contributed by atoms with Crippen LogP contribution in [0.3, 0.4) is 0 Å². The lowest BCUT2D eigenvalue weighted by atomic mass is 10.2. The molecule has 0 saturated carbocycles. The summed E-state index contributed by atoms with van der Waals surface area (Å²) < 4.78 is 28.8. The number of rotatable bonds is 4. The molecule has 1 saturated heterocycles. The fourth-order valence-corrected chi connectivity index (χ4v) is 4.80. The van der Waals surface area contributed by atoms with Crippen molar-refractivity contribution >= 4 is 26.9 Å². The summed E-state index contributed by atoms with van der Waals surface area (Å²) in [5.41, 5.74) is 1.61. The number of aliphatic carboxylic acids is 1. The number of carboxylic acid groups (broad SMARTS) is 1. The van der Waals surface area contributed by atoms with Gasteiger partial charge in [-0.3, -0.25) is 0 Å². The second kappa shape index (κ2) is 6.22. The van der Waals surface area contributed by atoms with E-state index < -0.39 is 22.0 Å². The molecule has 1 aliphatic rings. The SMILES string of the molecule is Cc1cn([C@H](C)C(=O)O)c2ccc(S(=O)(=O)N3CCCCC3)cc12. The monoisotopic (exact) mass is 350 g/mol. The van der Waals surface area contributed by atoms with Gasteiger partial charge in [-0.2, -0.15) is 4.31 Å². The van der Waals surface area contributed by atoms with Gasteiger partial charge in [0.2, 0.25) is 10.0 Å². The van der Waals surface area contributed by atoms with Gasteiger partial charge in [-0.25, -0.2) is 13.2 Å². The number of hydrogen-bond donors (Lipinski definition) is 1. The molecule has 1 N–H and O–H groups in total. The van der Waals surface area contributed by atoms with Crippen LogP contribution in [-0.4, -0.2) is 41.5 Å². The van der Waals surface area contributed by atoms with Crippen LogP contribution in [0.4, 0.5) is 0 Å². The predicted molar refractivity (Wildman–Crippen MR) is 91.6 cm³/mol. The molecule has 0 aliphatic carbocycles. The van der Waals surface area contributed by atoms with Crippen LogP contribution in [0.5, 0.6) is 0 Å². The van der Waals surface area contributed by atoms with Crippen LogP contribution in [0, 0.1) is 6.92 Å². The molecule has 130 valence electrons. The minimum absolute atomic E-state index is 0.278. The van der Waals surface area contributed by atoms with Crippen LogP contribution < -0.4 is 0 Å². The molecular weight excluding hydrogens is 328 g/mol. The summed E-state index contributed by atoms with van der Waals surface area (Å²) in [5.74, 6) is -0.920. The first-order valence-electron chi connectivity index (χ1n) is 8.16. The Morgan fingerprint density at radius 1 is 1.21 bits per heavy atom. The topological polar surface area (TPSA) is 79.6 Å². The molecule has 0 spiro atoms. The third-order valence-electron chi connectivity index (χ3n) is 4.73. The maximum absolute atomic E-state index is 12.8. The van der Waals surface area contributed by atoms with Crippen molar-refractivity contribution in [3.63, 3.8) is 0 Å². The fourth-order valence-electron chi connectivity index (χ4n) is 3.26. The summed E-state index contributed by atoms with van der Waals surface area (Å²) in [6.45, 7) is 4.61. The number of hydrogen-bond acceptors (Lipinski definition) is 3. The van der Waals surface area contributed by atoms with Gasteiger partial charge in [0.25, 0.3) is 0 Å². The summed E-state index contributed by atoms with van der Waals surface area (Å²) in [5, 5.41) is 10.0. The van der Waals surface area contributed by atoms with Gasteiger partial charge in [0.05, 0.1) is 4.90 Å². The highest BCUT2D eigenvalue weighted by molar-refractivity contribution is 7.89. The number of carboxylic acids is 1. The first kappa shape index (κ1) is 17.0. The number of aromatic nitrogens is 1. The Morgan fingerprint density at radius 2 is 1.88 bits per heavy atom. The normalized spacial score (nSPS) is 17.9. The summed E-state index contributed by atoms with van der Waals surface area (Å²) in [7, 11) is -3.49. The van der Waals surface area contributed by atoms with Crippen LogP contribution in [0.15, 0.2) is 29.3 Å². The number of fused-ring (bicyclic) bond motifs is 1. The van der Waals surface area contributed by atoms with Crippen molar-refractivity contribution in [3.05, 3.63) is 30.0 Å². The van der Waals surface area contributed by atoms with Crippen LogP contribution in [-0.2, 0) is 14.8 Å². The number of nitrogens with zero attached hydrogens (tertiary/aromatic N) is 2. The predicted octanol–water partition coefficient (Wildman–Crippen LogP) is 2.77. The van der Waals surface area contributed by atoms with Crippen molar-refractivity contribution in [1.82, 2.24) is 8.87 Å². The maximum atomic E-state index is 12.8. The summed E-state index contributed by atoms with van der Waals surface area (Å²) in [4.78, 5) is 11.5. The molecule has 24 heavy (non-hydrogen) atoms. The van der Waals surface area contributed by atoms with E-state index in [-0.39, 0.29) is 4.90 Å². The Morgan fingerprint density at radius 3 is 2.50 bits per heavy atom. The summed E-state index contributed by atoms with van der Waals surface area (Å²) in [6, 6.07) is 4.25. The number of aryl methyl sites for hydroxylation is 1. The Balaban J connectivity index is 2.06. The fraction of sp³-hybridized carbons (Fsp3) is 0.471. The molecule has 2 heterocycles. The van der Waals surface area contributed by atoms with E-state index >= 15 is 0 Å². The van der Waals surface area contributed by atoms with E-state index in [1.165, 1.54) is 0 Å². The van der Waals surface area contributed by atoms with E-state index in [2.05, 4.69) is 0 Å². The molecule has 1 aromatic heterocycles. The molecule has 1 aliphatic heterocycles. The van der Waals surface area contributed by atoms with Crippen molar-refractivity contribution < 1.29 is 18.3 Å². The number of benzene rings is 1. The number of piperidine rings is 1. The Hall–Kier alpha value is -1.86. The van der Waals surface area contributed by atoms with Crippen LogP contribution >= 0.6 is 0 Å². The number of sulfonamides is 1. The van der Waals surface area contributed by atoms with E-state index in [1.54, 1.807) is 40.2 Å². The van der Waals surface area contributed by atoms with Crippen molar-refractivity contribution in [2.45, 2.75) is 44.0 Å². The molecule has 0 unspecified atom stereocenters. The van der Waals surface area contributed by atoms with Gasteiger partial charge < -0.3 is 9.67 Å². The van der Waals surface area contributed by atoms with Crippen molar-refractivity contribution in [2.24, 2.45) is 0 Å². The van der Waals surface area contributed by atoms with Gasteiger partial charge in [-0.05, 0) is 50.5 Å². The first-order valence-corrected chi connectivity index (χ1v) is 9.60. The lowest BCUT2D eigenvalue weighted by Crippen LogP contribution is -2.35. The molecule has 1 fully saturated rings. The highest BCUT2D eigenvalue weighted by Gasteiger charge is 2.27. The molecule has 1 atom stereocenters.